The van der Waals surface area contributed by atoms with Crippen molar-refractivity contribution < 1.29 is 22.2 Å². The molecule has 0 spiro atoms. The van der Waals surface area contributed by atoms with Crippen LogP contribution in [-0.4, -0.2) is 32.4 Å². The number of hydrogen-bond acceptors (Lipinski definition) is 5. The van der Waals surface area contributed by atoms with Crippen molar-refractivity contribution in [2.24, 2.45) is 0 Å². The second kappa shape index (κ2) is 21.2. The minimum absolute atomic E-state index is 0.0546. The minimum atomic E-state index is -4.06. The van der Waals surface area contributed by atoms with Crippen molar-refractivity contribution in [3.63, 3.8) is 0 Å². The Balaban J connectivity index is 1.57. The number of rotatable bonds is 24. The van der Waals surface area contributed by atoms with E-state index in [0.29, 0.717) is 17.5 Å². The first-order valence-corrected chi connectivity index (χ1v) is 17.3. The number of nitrogens with one attached hydrogen (secondary N) is 1. The second-order valence-electron chi connectivity index (χ2n) is 10.9. The number of amides is 1. The van der Waals surface area contributed by atoms with Crippen molar-refractivity contribution >= 4 is 21.8 Å². The summed E-state index contributed by atoms with van der Waals surface area (Å²) in [5.41, 5.74) is 0.829. The van der Waals surface area contributed by atoms with Crippen molar-refractivity contribution in [1.29, 1.82) is 0 Å². The van der Waals surface area contributed by atoms with Crippen LogP contribution in [0.4, 0.5) is 0 Å². The fraction of sp³-hybridized carbons (Fsp3) is 0.588. The Morgan fingerprint density at radius 2 is 1.15 bits per heavy atom. The lowest BCUT2D eigenvalue weighted by Crippen LogP contribution is -2.31. The maximum Gasteiger partial charge on any atom is 0.270 e. The average Bonchev–Trinajstić information content (AvgIpc) is 2.98. The molecule has 6 nitrogen and oxygen atoms in total. The van der Waals surface area contributed by atoms with E-state index in [1.807, 2.05) is 0 Å². The van der Waals surface area contributed by atoms with Crippen LogP contribution in [0, 0.1) is 0 Å². The van der Waals surface area contributed by atoms with Gasteiger partial charge < -0.3 is 5.32 Å². The van der Waals surface area contributed by atoms with Crippen LogP contribution in [0.3, 0.4) is 0 Å². The molecule has 0 saturated carbocycles. The SMILES string of the molecule is CCCCCCCCCCCCCCCCCC(=O)NCCS(=O)(=O)OC(C(=O)c1ccccc1)c1ccccc1. The topological polar surface area (TPSA) is 89.5 Å². The third kappa shape index (κ3) is 15.9. The molecule has 0 aromatic heterocycles. The van der Waals surface area contributed by atoms with Crippen molar-refractivity contribution in [2.45, 2.75) is 116 Å². The highest BCUT2D eigenvalue weighted by molar-refractivity contribution is 7.86. The Morgan fingerprint density at radius 3 is 1.66 bits per heavy atom. The van der Waals surface area contributed by atoms with E-state index in [9.17, 15) is 18.0 Å². The molecule has 1 unspecified atom stereocenters. The van der Waals surface area contributed by atoms with Gasteiger partial charge in [-0.05, 0) is 12.0 Å². The molecular formula is C34H51NO5S. The summed E-state index contributed by atoms with van der Waals surface area (Å²) in [7, 11) is -4.06. The van der Waals surface area contributed by atoms with Gasteiger partial charge in [0.15, 0.2) is 11.9 Å². The van der Waals surface area contributed by atoms with Gasteiger partial charge in [0.25, 0.3) is 10.1 Å². The molecule has 41 heavy (non-hydrogen) atoms. The number of benzene rings is 2. The van der Waals surface area contributed by atoms with Crippen molar-refractivity contribution in [2.75, 3.05) is 12.3 Å². The number of carbonyl (C=O) groups is 2. The number of ketones is 1. The van der Waals surface area contributed by atoms with E-state index in [1.54, 1.807) is 60.7 Å². The quantitative estimate of drug-likeness (QED) is 0.0760. The molecule has 0 aliphatic rings. The number of unbranched alkanes of at least 4 members (excludes halogenated alkanes) is 14. The summed E-state index contributed by atoms with van der Waals surface area (Å²) in [5, 5.41) is 2.68. The molecule has 2 aromatic rings. The zero-order valence-electron chi connectivity index (χ0n) is 25.0. The summed E-state index contributed by atoms with van der Waals surface area (Å²) in [6.45, 7) is 2.20. The van der Waals surface area contributed by atoms with Crippen LogP contribution in [-0.2, 0) is 19.1 Å². The molecule has 2 aromatic carbocycles. The van der Waals surface area contributed by atoms with Gasteiger partial charge in [-0.2, -0.15) is 8.42 Å². The first kappa shape index (κ1) is 34.7. The normalized spacial score (nSPS) is 12.2. The summed E-state index contributed by atoms with van der Waals surface area (Å²) in [6, 6.07) is 17.1. The lowest BCUT2D eigenvalue weighted by atomic mass is 10.0. The van der Waals surface area contributed by atoms with Crippen molar-refractivity contribution in [3.8, 4) is 0 Å². The van der Waals surface area contributed by atoms with Gasteiger partial charge in [-0.15, -0.1) is 0 Å². The van der Waals surface area contributed by atoms with Crippen LogP contribution in [0.5, 0.6) is 0 Å². The van der Waals surface area contributed by atoms with Crippen LogP contribution >= 0.6 is 0 Å². The number of Topliss-reactive ketones (excluding diaryl/α,β-unsaturated/α-hetero) is 1. The molecule has 0 aliphatic carbocycles. The van der Waals surface area contributed by atoms with Gasteiger partial charge in [0.2, 0.25) is 5.91 Å². The largest absolute Gasteiger partial charge is 0.355 e. The molecule has 0 radical (unpaired) electrons. The van der Waals surface area contributed by atoms with Gasteiger partial charge in [-0.25, -0.2) is 0 Å². The lowest BCUT2D eigenvalue weighted by molar-refractivity contribution is -0.121. The molecule has 1 N–H and O–H groups in total. The van der Waals surface area contributed by atoms with Gasteiger partial charge in [-0.1, -0.05) is 157 Å². The maximum absolute atomic E-state index is 13.1. The Hall–Kier alpha value is -2.51. The van der Waals surface area contributed by atoms with E-state index in [2.05, 4.69) is 12.2 Å². The van der Waals surface area contributed by atoms with Crippen LogP contribution in [0.2, 0.25) is 0 Å². The highest BCUT2D eigenvalue weighted by Gasteiger charge is 2.28. The third-order valence-corrected chi connectivity index (χ3v) is 8.51. The lowest BCUT2D eigenvalue weighted by Gasteiger charge is -2.17. The third-order valence-electron chi connectivity index (χ3n) is 7.32. The first-order chi connectivity index (χ1) is 19.9. The highest BCUT2D eigenvalue weighted by atomic mass is 32.2. The second-order valence-corrected chi connectivity index (χ2v) is 12.6. The van der Waals surface area contributed by atoms with E-state index in [0.717, 1.165) is 19.3 Å². The van der Waals surface area contributed by atoms with Crippen LogP contribution < -0.4 is 5.32 Å². The minimum Gasteiger partial charge on any atom is -0.355 e. The van der Waals surface area contributed by atoms with Gasteiger partial charge in [0, 0.05) is 18.5 Å². The van der Waals surface area contributed by atoms with E-state index in [4.69, 9.17) is 4.18 Å². The van der Waals surface area contributed by atoms with Crippen LogP contribution in [0.25, 0.3) is 0 Å². The predicted octanol–water partition coefficient (Wildman–Crippen LogP) is 8.33. The summed E-state index contributed by atoms with van der Waals surface area (Å²) < 4.78 is 30.8. The van der Waals surface area contributed by atoms with E-state index in [-0.39, 0.29) is 12.5 Å². The molecular weight excluding hydrogens is 534 g/mol. The summed E-state index contributed by atoms with van der Waals surface area (Å²) in [5.74, 6) is -0.990. The molecule has 0 fully saturated rings. The Morgan fingerprint density at radius 1 is 0.683 bits per heavy atom. The fourth-order valence-corrected chi connectivity index (χ4v) is 5.83. The van der Waals surface area contributed by atoms with E-state index in [1.165, 1.54) is 77.0 Å². The monoisotopic (exact) mass is 585 g/mol. The molecule has 0 saturated heterocycles. The zero-order valence-corrected chi connectivity index (χ0v) is 25.8. The fourth-order valence-electron chi connectivity index (χ4n) is 4.89. The summed E-state index contributed by atoms with van der Waals surface area (Å²) >= 11 is 0. The smallest absolute Gasteiger partial charge is 0.270 e. The van der Waals surface area contributed by atoms with Crippen LogP contribution in [0.1, 0.15) is 132 Å². The first-order valence-electron chi connectivity index (χ1n) is 15.7. The van der Waals surface area contributed by atoms with Crippen LogP contribution in [0.15, 0.2) is 60.7 Å². The van der Waals surface area contributed by atoms with Crippen molar-refractivity contribution in [3.05, 3.63) is 71.8 Å². The van der Waals surface area contributed by atoms with Gasteiger partial charge in [0.1, 0.15) is 0 Å². The molecule has 2 rings (SSSR count). The van der Waals surface area contributed by atoms with Crippen molar-refractivity contribution in [1.82, 2.24) is 5.32 Å². The summed E-state index contributed by atoms with van der Waals surface area (Å²) in [4.78, 5) is 25.3. The Labute approximate surface area is 248 Å². The standard InChI is InChI=1S/C34H51NO5S/c1-2-3-4-5-6-7-8-9-10-11-12-13-14-15-22-27-32(36)35-28-29-41(38,39)40-34(31-25-20-17-21-26-31)33(37)30-23-18-16-19-24-30/h16-21,23-26,34H,2-15,22,27-29H2,1H3,(H,35,36). The molecule has 1 amide bonds. The molecule has 7 heteroatoms. The number of hydrogen-bond donors (Lipinski definition) is 1. The van der Waals surface area contributed by atoms with Gasteiger partial charge in [0.05, 0.1) is 5.75 Å². The number of carbonyl (C=O) groups excluding carboxylic acids is 2. The highest BCUT2D eigenvalue weighted by Crippen LogP contribution is 2.25. The molecule has 0 heterocycles. The maximum atomic E-state index is 13.1. The molecule has 0 bridgehead atoms. The average molecular weight is 586 g/mol. The van der Waals surface area contributed by atoms with Gasteiger partial charge in [-0.3, -0.25) is 13.8 Å². The molecule has 0 aliphatic heterocycles. The molecule has 1 atom stereocenters. The Kier molecular flexibility index (Phi) is 18.0. The van der Waals surface area contributed by atoms with Gasteiger partial charge >= 0.3 is 0 Å². The Bertz CT molecular complexity index is 1070. The zero-order chi connectivity index (χ0) is 29.6. The molecule has 228 valence electrons. The van der Waals surface area contributed by atoms with E-state index >= 15 is 0 Å². The van der Waals surface area contributed by atoms with E-state index < -0.39 is 27.8 Å². The predicted molar refractivity (Wildman–Crippen MR) is 167 cm³/mol. The summed E-state index contributed by atoms with van der Waals surface area (Å²) in [6.07, 6.45) is 18.1.